The standard InChI is InChI=1S/C18H13FN4OS/c1-24-25-18-20-10-9-14(21-18)16-15-4-2-3-11-23(15)22-17(16)12-5-7-13(19)8-6-12/h2-11H,1H3. The van der Waals surface area contributed by atoms with E-state index in [2.05, 4.69) is 15.1 Å². The van der Waals surface area contributed by atoms with Crippen molar-refractivity contribution in [2.45, 2.75) is 5.16 Å². The monoisotopic (exact) mass is 352 g/mol. The van der Waals surface area contributed by atoms with Crippen LogP contribution in [0.5, 0.6) is 0 Å². The van der Waals surface area contributed by atoms with Gasteiger partial charge < -0.3 is 4.18 Å². The summed E-state index contributed by atoms with van der Waals surface area (Å²) in [6.07, 6.45) is 3.56. The Bertz CT molecular complexity index is 1030. The van der Waals surface area contributed by atoms with Crippen molar-refractivity contribution in [3.63, 3.8) is 0 Å². The summed E-state index contributed by atoms with van der Waals surface area (Å²) in [6, 6.07) is 13.9. The van der Waals surface area contributed by atoms with E-state index in [1.165, 1.54) is 12.1 Å². The van der Waals surface area contributed by atoms with Crippen LogP contribution in [0.25, 0.3) is 28.0 Å². The summed E-state index contributed by atoms with van der Waals surface area (Å²) in [5, 5.41) is 5.17. The lowest BCUT2D eigenvalue weighted by molar-refractivity contribution is 0.486. The SMILES string of the molecule is COSc1nccc(-c2c(-c3ccc(F)cc3)nn3ccccc23)n1. The molecule has 0 N–H and O–H groups in total. The first-order chi connectivity index (χ1) is 12.3. The highest BCUT2D eigenvalue weighted by molar-refractivity contribution is 7.94. The molecular formula is C18H13FN4OS. The van der Waals surface area contributed by atoms with Crippen molar-refractivity contribution >= 4 is 17.6 Å². The molecule has 0 spiro atoms. The van der Waals surface area contributed by atoms with E-state index in [9.17, 15) is 4.39 Å². The molecule has 0 amide bonds. The Kier molecular flexibility index (Phi) is 4.17. The number of nitrogens with zero attached hydrogens (tertiary/aromatic N) is 4. The molecule has 0 saturated carbocycles. The van der Waals surface area contributed by atoms with Crippen molar-refractivity contribution in [1.29, 1.82) is 0 Å². The average Bonchev–Trinajstić information content (AvgIpc) is 3.02. The van der Waals surface area contributed by atoms with Gasteiger partial charge in [0.2, 0.25) is 5.16 Å². The predicted molar refractivity (Wildman–Crippen MR) is 94.5 cm³/mol. The van der Waals surface area contributed by atoms with Crippen LogP contribution < -0.4 is 0 Å². The molecule has 0 bridgehead atoms. The van der Waals surface area contributed by atoms with E-state index in [1.54, 1.807) is 30.0 Å². The zero-order chi connectivity index (χ0) is 17.2. The Morgan fingerprint density at radius 2 is 1.92 bits per heavy atom. The summed E-state index contributed by atoms with van der Waals surface area (Å²) in [7, 11) is 1.57. The topological polar surface area (TPSA) is 52.3 Å². The molecule has 7 heteroatoms. The van der Waals surface area contributed by atoms with Crippen LogP contribution in [0.15, 0.2) is 66.1 Å². The second-order valence-corrected chi connectivity index (χ2v) is 6.10. The molecular weight excluding hydrogens is 339 g/mol. The van der Waals surface area contributed by atoms with Gasteiger partial charge in [0.25, 0.3) is 0 Å². The fourth-order valence-electron chi connectivity index (χ4n) is 2.66. The van der Waals surface area contributed by atoms with E-state index >= 15 is 0 Å². The molecule has 0 radical (unpaired) electrons. The van der Waals surface area contributed by atoms with Crippen molar-refractivity contribution in [1.82, 2.24) is 19.6 Å². The van der Waals surface area contributed by atoms with Crippen molar-refractivity contribution in [2.24, 2.45) is 0 Å². The Hall–Kier alpha value is -2.77. The van der Waals surface area contributed by atoms with Gasteiger partial charge in [-0.2, -0.15) is 5.10 Å². The maximum atomic E-state index is 13.3. The lowest BCUT2D eigenvalue weighted by atomic mass is 10.0. The van der Waals surface area contributed by atoms with Crippen LogP contribution in [0.3, 0.4) is 0 Å². The number of hydrogen-bond acceptors (Lipinski definition) is 5. The molecule has 0 aliphatic carbocycles. The third kappa shape index (κ3) is 2.99. The Labute approximate surface area is 147 Å². The number of halogens is 1. The summed E-state index contributed by atoms with van der Waals surface area (Å²) < 4.78 is 20.1. The molecule has 3 aromatic heterocycles. The third-order valence-electron chi connectivity index (χ3n) is 3.71. The highest BCUT2D eigenvalue weighted by atomic mass is 32.2. The average molecular weight is 352 g/mol. The number of rotatable bonds is 4. The van der Waals surface area contributed by atoms with Crippen molar-refractivity contribution in [3.05, 3.63) is 66.7 Å². The minimum atomic E-state index is -0.283. The lowest BCUT2D eigenvalue weighted by Gasteiger charge is -2.04. The van der Waals surface area contributed by atoms with Gasteiger partial charge in [-0.1, -0.05) is 6.07 Å². The summed E-state index contributed by atoms with van der Waals surface area (Å²) in [6.45, 7) is 0. The molecule has 3 heterocycles. The zero-order valence-corrected chi connectivity index (χ0v) is 14.1. The van der Waals surface area contributed by atoms with Gasteiger partial charge in [0, 0.05) is 18.0 Å². The summed E-state index contributed by atoms with van der Waals surface area (Å²) in [5.41, 5.74) is 4.06. The maximum absolute atomic E-state index is 13.3. The first-order valence-electron chi connectivity index (χ1n) is 7.53. The molecule has 0 aliphatic rings. The van der Waals surface area contributed by atoms with Gasteiger partial charge in [-0.15, -0.1) is 0 Å². The molecule has 4 aromatic rings. The molecule has 0 fully saturated rings. The molecule has 0 aliphatic heterocycles. The smallest absolute Gasteiger partial charge is 0.215 e. The van der Waals surface area contributed by atoms with Crippen LogP contribution in [0.1, 0.15) is 0 Å². The normalized spacial score (nSPS) is 11.1. The minimum absolute atomic E-state index is 0.283. The van der Waals surface area contributed by atoms with Crippen LogP contribution in [-0.2, 0) is 4.18 Å². The second kappa shape index (κ2) is 6.62. The Morgan fingerprint density at radius 3 is 2.72 bits per heavy atom. The van der Waals surface area contributed by atoms with E-state index in [-0.39, 0.29) is 5.82 Å². The Morgan fingerprint density at radius 1 is 1.08 bits per heavy atom. The number of aromatic nitrogens is 4. The molecule has 0 saturated heterocycles. The van der Waals surface area contributed by atoms with E-state index in [1.807, 2.05) is 30.5 Å². The van der Waals surface area contributed by atoms with Gasteiger partial charge in [0.05, 0.1) is 35.9 Å². The highest BCUT2D eigenvalue weighted by Crippen LogP contribution is 2.34. The number of fused-ring (bicyclic) bond motifs is 1. The van der Waals surface area contributed by atoms with Crippen LogP contribution in [0, 0.1) is 5.82 Å². The van der Waals surface area contributed by atoms with Crippen LogP contribution in [0.2, 0.25) is 0 Å². The van der Waals surface area contributed by atoms with Crippen molar-refractivity contribution < 1.29 is 8.57 Å². The van der Waals surface area contributed by atoms with Gasteiger partial charge in [-0.05, 0) is 42.5 Å². The van der Waals surface area contributed by atoms with Gasteiger partial charge in [-0.3, -0.25) is 0 Å². The number of hydrogen-bond donors (Lipinski definition) is 0. The summed E-state index contributed by atoms with van der Waals surface area (Å²) in [5.74, 6) is -0.283. The highest BCUT2D eigenvalue weighted by Gasteiger charge is 2.18. The summed E-state index contributed by atoms with van der Waals surface area (Å²) >= 11 is 1.10. The first kappa shape index (κ1) is 15.7. The third-order valence-corrected chi connectivity index (χ3v) is 4.22. The van der Waals surface area contributed by atoms with Crippen LogP contribution >= 0.6 is 12.0 Å². The largest absolute Gasteiger partial charge is 0.311 e. The zero-order valence-electron chi connectivity index (χ0n) is 13.3. The molecule has 0 unspecified atom stereocenters. The summed E-state index contributed by atoms with van der Waals surface area (Å²) in [4.78, 5) is 8.74. The van der Waals surface area contributed by atoms with Crippen LogP contribution in [0.4, 0.5) is 4.39 Å². The van der Waals surface area contributed by atoms with E-state index in [0.29, 0.717) is 5.16 Å². The predicted octanol–water partition coefficient (Wildman–Crippen LogP) is 4.25. The quantitative estimate of drug-likeness (QED) is 0.406. The van der Waals surface area contributed by atoms with E-state index < -0.39 is 0 Å². The van der Waals surface area contributed by atoms with Crippen molar-refractivity contribution in [2.75, 3.05) is 7.11 Å². The van der Waals surface area contributed by atoms with E-state index in [0.717, 1.165) is 40.1 Å². The molecule has 25 heavy (non-hydrogen) atoms. The van der Waals surface area contributed by atoms with Gasteiger partial charge in [0.15, 0.2) is 0 Å². The lowest BCUT2D eigenvalue weighted by Crippen LogP contribution is -1.91. The molecule has 5 nitrogen and oxygen atoms in total. The molecule has 0 atom stereocenters. The van der Waals surface area contributed by atoms with Gasteiger partial charge in [-0.25, -0.2) is 18.9 Å². The Balaban J connectivity index is 1.96. The van der Waals surface area contributed by atoms with E-state index in [4.69, 9.17) is 4.18 Å². The number of benzene rings is 1. The van der Waals surface area contributed by atoms with Crippen molar-refractivity contribution in [3.8, 4) is 22.5 Å². The fourth-order valence-corrected chi connectivity index (χ4v) is 3.04. The first-order valence-corrected chi connectivity index (χ1v) is 8.28. The fraction of sp³-hybridized carbons (Fsp3) is 0.0556. The molecule has 4 rings (SSSR count). The van der Waals surface area contributed by atoms with Crippen LogP contribution in [-0.4, -0.2) is 26.7 Å². The van der Waals surface area contributed by atoms with Gasteiger partial charge >= 0.3 is 0 Å². The number of pyridine rings is 1. The minimum Gasteiger partial charge on any atom is -0.311 e. The van der Waals surface area contributed by atoms with Gasteiger partial charge in [0.1, 0.15) is 11.5 Å². The maximum Gasteiger partial charge on any atom is 0.215 e. The second-order valence-electron chi connectivity index (χ2n) is 5.24. The molecule has 124 valence electrons. The molecule has 1 aromatic carbocycles.